The molecule has 0 bridgehead atoms. The van der Waals surface area contributed by atoms with E-state index in [0.717, 1.165) is 52.8 Å². The van der Waals surface area contributed by atoms with Gasteiger partial charge in [0.25, 0.3) is 0 Å². The fourth-order valence-corrected chi connectivity index (χ4v) is 4.84. The van der Waals surface area contributed by atoms with Crippen LogP contribution in [0.5, 0.6) is 0 Å². The number of nitrogens with zero attached hydrogens (tertiary/aromatic N) is 5. The predicted molar refractivity (Wildman–Crippen MR) is 121 cm³/mol. The van der Waals surface area contributed by atoms with E-state index in [4.69, 9.17) is 15.7 Å². The molecule has 1 aliphatic rings. The molecule has 0 radical (unpaired) electrons. The lowest BCUT2D eigenvalue weighted by molar-refractivity contribution is -0.0262. The second-order valence-electron chi connectivity index (χ2n) is 8.44. The lowest BCUT2D eigenvalue weighted by Gasteiger charge is -2.30. The van der Waals surface area contributed by atoms with E-state index in [-0.39, 0.29) is 18.4 Å². The van der Waals surface area contributed by atoms with Gasteiger partial charge in [-0.1, -0.05) is 30.3 Å². The summed E-state index contributed by atoms with van der Waals surface area (Å²) in [5.41, 5.74) is 3.24. The van der Waals surface area contributed by atoms with E-state index in [1.165, 1.54) is 0 Å². The molecular formula is C24H25N7O. The quantitative estimate of drug-likeness (QED) is 0.241. The summed E-state index contributed by atoms with van der Waals surface area (Å²) in [6, 6.07) is 13.7. The molecule has 1 fully saturated rings. The Morgan fingerprint density at radius 1 is 1.22 bits per heavy atom. The van der Waals surface area contributed by atoms with Crippen molar-refractivity contribution in [2.45, 2.75) is 44.7 Å². The van der Waals surface area contributed by atoms with Gasteiger partial charge in [0.2, 0.25) is 0 Å². The molecule has 0 atom stereocenters. The Hall–Kier alpha value is -3.70. The maximum Gasteiger partial charge on any atom is 0.152 e. The molecule has 32 heavy (non-hydrogen) atoms. The standard InChI is InChI=1S/C24H25N7O/c25-12-10-16-6-8-18(9-7-16)31-21(15-30(32)23(26)17-4-2-1-3-5-17)29-20-14-28-24-19(22(20)31)11-13-27-24/h1-5,11,13-14,16,18,26,32H,6-10,15H2,(H,27,28). The second kappa shape index (κ2) is 8.44. The second-order valence-corrected chi connectivity index (χ2v) is 8.44. The Morgan fingerprint density at radius 2 is 2.00 bits per heavy atom. The molecule has 3 N–H and O–H groups in total. The monoisotopic (exact) mass is 427 g/mol. The number of pyridine rings is 1. The SMILES string of the molecule is N#CCC1CCC(n2c(CN(O)C(=N)c3ccccc3)nc3cnc4[nH]ccc4c32)CC1. The minimum absolute atomic E-state index is 0.0341. The summed E-state index contributed by atoms with van der Waals surface area (Å²) in [4.78, 5) is 12.5. The molecular weight excluding hydrogens is 402 g/mol. The number of hydrogen-bond acceptors (Lipinski definition) is 5. The highest BCUT2D eigenvalue weighted by Gasteiger charge is 2.28. The van der Waals surface area contributed by atoms with Gasteiger partial charge in [0.15, 0.2) is 5.84 Å². The largest absolute Gasteiger partial charge is 0.346 e. The third-order valence-corrected chi connectivity index (χ3v) is 6.47. The highest BCUT2D eigenvalue weighted by atomic mass is 16.5. The van der Waals surface area contributed by atoms with Gasteiger partial charge in [0.1, 0.15) is 23.5 Å². The van der Waals surface area contributed by atoms with Crippen molar-refractivity contribution < 1.29 is 5.21 Å². The van der Waals surface area contributed by atoms with Crippen LogP contribution in [0.4, 0.5) is 0 Å². The predicted octanol–water partition coefficient (Wildman–Crippen LogP) is 4.77. The zero-order valence-corrected chi connectivity index (χ0v) is 17.7. The summed E-state index contributed by atoms with van der Waals surface area (Å²) in [5.74, 6) is 1.19. The van der Waals surface area contributed by atoms with Gasteiger partial charge in [-0.3, -0.25) is 10.6 Å². The van der Waals surface area contributed by atoms with Crippen molar-refractivity contribution in [2.24, 2.45) is 5.92 Å². The van der Waals surface area contributed by atoms with Crippen molar-refractivity contribution in [2.75, 3.05) is 0 Å². The van der Waals surface area contributed by atoms with Gasteiger partial charge >= 0.3 is 0 Å². The van der Waals surface area contributed by atoms with Gasteiger partial charge in [-0.05, 0) is 37.7 Å². The Balaban J connectivity index is 1.53. The molecule has 8 heteroatoms. The molecule has 0 aliphatic heterocycles. The number of fused-ring (bicyclic) bond motifs is 3. The van der Waals surface area contributed by atoms with E-state index < -0.39 is 0 Å². The van der Waals surface area contributed by atoms with Crippen molar-refractivity contribution in [3.8, 4) is 6.07 Å². The number of nitrogens with one attached hydrogen (secondary N) is 2. The van der Waals surface area contributed by atoms with Crippen molar-refractivity contribution in [3.05, 3.63) is 60.2 Å². The third-order valence-electron chi connectivity index (χ3n) is 6.47. The normalized spacial score (nSPS) is 18.6. The first-order valence-corrected chi connectivity index (χ1v) is 11.0. The lowest BCUT2D eigenvalue weighted by atomic mass is 9.84. The summed E-state index contributed by atoms with van der Waals surface area (Å²) >= 11 is 0. The van der Waals surface area contributed by atoms with Crippen LogP contribution in [0.3, 0.4) is 0 Å². The Morgan fingerprint density at radius 3 is 2.75 bits per heavy atom. The molecule has 5 rings (SSSR count). The lowest BCUT2D eigenvalue weighted by Crippen LogP contribution is -2.29. The van der Waals surface area contributed by atoms with Crippen LogP contribution in [-0.4, -0.2) is 35.6 Å². The van der Waals surface area contributed by atoms with Crippen LogP contribution in [0.2, 0.25) is 0 Å². The van der Waals surface area contributed by atoms with Crippen molar-refractivity contribution in [1.82, 2.24) is 24.6 Å². The highest BCUT2D eigenvalue weighted by Crippen LogP contribution is 2.38. The van der Waals surface area contributed by atoms with Crippen LogP contribution in [0.25, 0.3) is 22.1 Å². The van der Waals surface area contributed by atoms with Crippen LogP contribution >= 0.6 is 0 Å². The Kier molecular flexibility index (Phi) is 5.33. The number of nitriles is 1. The number of aromatic nitrogens is 4. The first-order chi connectivity index (χ1) is 15.7. The van der Waals surface area contributed by atoms with Crippen LogP contribution in [0.15, 0.2) is 48.8 Å². The molecule has 0 amide bonds. The topological polar surface area (TPSA) is 118 Å². The molecule has 0 spiro atoms. The Labute approximate surface area is 185 Å². The number of H-pyrrole nitrogens is 1. The third kappa shape index (κ3) is 3.61. The maximum absolute atomic E-state index is 10.8. The zero-order chi connectivity index (χ0) is 22.1. The number of aromatic amines is 1. The summed E-state index contributed by atoms with van der Waals surface area (Å²) in [6.45, 7) is 0.104. The van der Waals surface area contributed by atoms with E-state index >= 15 is 0 Å². The first-order valence-electron chi connectivity index (χ1n) is 11.0. The van der Waals surface area contributed by atoms with Gasteiger partial charge in [0, 0.05) is 29.6 Å². The van der Waals surface area contributed by atoms with Gasteiger partial charge in [-0.15, -0.1) is 0 Å². The molecule has 3 heterocycles. The zero-order valence-electron chi connectivity index (χ0n) is 17.7. The minimum Gasteiger partial charge on any atom is -0.346 e. The molecule has 1 saturated carbocycles. The summed E-state index contributed by atoms with van der Waals surface area (Å²) in [6.07, 6.45) is 8.17. The molecule has 8 nitrogen and oxygen atoms in total. The summed E-state index contributed by atoms with van der Waals surface area (Å²) in [5, 5.41) is 30.2. The summed E-state index contributed by atoms with van der Waals surface area (Å²) in [7, 11) is 0. The van der Waals surface area contributed by atoms with Gasteiger partial charge < -0.3 is 9.55 Å². The average molecular weight is 428 g/mol. The van der Waals surface area contributed by atoms with E-state index in [0.29, 0.717) is 23.7 Å². The van der Waals surface area contributed by atoms with Gasteiger partial charge in [-0.2, -0.15) is 5.26 Å². The number of hydroxylamine groups is 2. The number of hydrogen-bond donors (Lipinski definition) is 3. The van der Waals surface area contributed by atoms with Crippen LogP contribution in [0.1, 0.15) is 49.5 Å². The fraction of sp³-hybridized carbons (Fsp3) is 0.333. The average Bonchev–Trinajstić information content (AvgIpc) is 3.44. The van der Waals surface area contributed by atoms with Crippen molar-refractivity contribution >= 4 is 27.9 Å². The first kappa shape index (κ1) is 20.2. The fourth-order valence-electron chi connectivity index (χ4n) is 4.84. The Bertz CT molecular complexity index is 1290. The van der Waals surface area contributed by atoms with E-state index in [1.54, 1.807) is 18.3 Å². The number of imidazole rings is 1. The molecule has 1 aromatic carbocycles. The molecule has 0 unspecified atom stereocenters. The van der Waals surface area contributed by atoms with E-state index in [2.05, 4.69) is 20.6 Å². The molecule has 3 aromatic heterocycles. The number of benzene rings is 1. The molecule has 162 valence electrons. The van der Waals surface area contributed by atoms with E-state index in [1.807, 2.05) is 30.5 Å². The highest BCUT2D eigenvalue weighted by molar-refractivity contribution is 6.01. The van der Waals surface area contributed by atoms with Crippen LogP contribution < -0.4 is 0 Å². The van der Waals surface area contributed by atoms with Gasteiger partial charge in [0.05, 0.1) is 17.8 Å². The summed E-state index contributed by atoms with van der Waals surface area (Å²) < 4.78 is 2.23. The number of amidine groups is 1. The molecule has 1 aliphatic carbocycles. The van der Waals surface area contributed by atoms with Gasteiger partial charge in [-0.25, -0.2) is 15.0 Å². The number of rotatable bonds is 5. The van der Waals surface area contributed by atoms with Crippen LogP contribution in [-0.2, 0) is 6.54 Å². The molecule has 4 aromatic rings. The van der Waals surface area contributed by atoms with E-state index in [9.17, 15) is 5.21 Å². The van der Waals surface area contributed by atoms with Crippen molar-refractivity contribution in [3.63, 3.8) is 0 Å². The molecule has 0 saturated heterocycles. The van der Waals surface area contributed by atoms with Crippen LogP contribution in [0, 0.1) is 22.7 Å². The smallest absolute Gasteiger partial charge is 0.152 e. The van der Waals surface area contributed by atoms with Crippen molar-refractivity contribution in [1.29, 1.82) is 10.7 Å². The maximum atomic E-state index is 10.8. The minimum atomic E-state index is 0.0341.